The molecule has 0 heterocycles. The van der Waals surface area contributed by atoms with E-state index in [1.807, 2.05) is 4.72 Å². The molecule has 0 atom stereocenters. The summed E-state index contributed by atoms with van der Waals surface area (Å²) in [5.74, 6) is -3.14. The number of halogens is 2. The Morgan fingerprint density at radius 1 is 1.05 bits per heavy atom. The maximum Gasteiger partial charge on any atom is 0.337 e. The van der Waals surface area contributed by atoms with Crippen molar-refractivity contribution >= 4 is 21.7 Å². The molecule has 0 radical (unpaired) electrons. The van der Waals surface area contributed by atoms with Crippen molar-refractivity contribution in [2.75, 3.05) is 4.72 Å². The highest BCUT2D eigenvalue weighted by Crippen LogP contribution is 2.23. The number of hydrogen-bond donors (Lipinski definition) is 2. The highest BCUT2D eigenvalue weighted by atomic mass is 32.2. The van der Waals surface area contributed by atoms with Crippen LogP contribution >= 0.6 is 0 Å². The fourth-order valence-corrected chi connectivity index (χ4v) is 2.70. The summed E-state index contributed by atoms with van der Waals surface area (Å²) in [5.41, 5.74) is -1.20. The molecule has 0 fully saturated rings. The first-order valence-electron chi connectivity index (χ1n) is 5.61. The first-order chi connectivity index (χ1) is 9.81. The lowest BCUT2D eigenvalue weighted by molar-refractivity contribution is 0.0697. The van der Waals surface area contributed by atoms with Gasteiger partial charge in [-0.25, -0.2) is 22.0 Å². The molecule has 0 aliphatic rings. The van der Waals surface area contributed by atoms with Crippen molar-refractivity contribution in [2.45, 2.75) is 4.90 Å². The van der Waals surface area contributed by atoms with Crippen LogP contribution in [0.2, 0.25) is 0 Å². The zero-order chi connectivity index (χ0) is 15.6. The lowest BCUT2D eigenvalue weighted by Gasteiger charge is -2.11. The smallest absolute Gasteiger partial charge is 0.337 e. The number of rotatable bonds is 4. The Bertz CT molecular complexity index is 788. The van der Waals surface area contributed by atoms with E-state index >= 15 is 0 Å². The molecule has 21 heavy (non-hydrogen) atoms. The number of aromatic carboxylic acids is 1. The van der Waals surface area contributed by atoms with Crippen molar-refractivity contribution in [3.63, 3.8) is 0 Å². The van der Waals surface area contributed by atoms with Crippen LogP contribution in [0.4, 0.5) is 14.5 Å². The van der Waals surface area contributed by atoms with E-state index < -0.39 is 38.9 Å². The summed E-state index contributed by atoms with van der Waals surface area (Å²) in [5, 5.41) is 8.94. The van der Waals surface area contributed by atoms with Crippen LogP contribution in [0.25, 0.3) is 0 Å². The molecule has 2 N–H and O–H groups in total. The third-order valence-corrected chi connectivity index (χ3v) is 3.97. The first kappa shape index (κ1) is 14.9. The summed E-state index contributed by atoms with van der Waals surface area (Å²) in [6, 6.07) is 6.96. The normalized spacial score (nSPS) is 11.1. The SMILES string of the molecule is O=C(O)c1cccc(F)c1NS(=O)(=O)c1ccc(F)cc1. The van der Waals surface area contributed by atoms with Crippen molar-refractivity contribution in [3.05, 3.63) is 59.7 Å². The molecule has 0 saturated carbocycles. The van der Waals surface area contributed by atoms with E-state index in [2.05, 4.69) is 0 Å². The van der Waals surface area contributed by atoms with E-state index in [4.69, 9.17) is 5.11 Å². The number of para-hydroxylation sites is 1. The van der Waals surface area contributed by atoms with Crippen LogP contribution in [0.1, 0.15) is 10.4 Å². The van der Waals surface area contributed by atoms with E-state index in [9.17, 15) is 22.0 Å². The number of anilines is 1. The predicted octanol–water partition coefficient (Wildman–Crippen LogP) is 2.46. The van der Waals surface area contributed by atoms with Crippen molar-refractivity contribution in [1.29, 1.82) is 0 Å². The minimum absolute atomic E-state index is 0.316. The summed E-state index contributed by atoms with van der Waals surface area (Å²) in [7, 11) is -4.23. The van der Waals surface area contributed by atoms with E-state index in [0.717, 1.165) is 42.5 Å². The molecular weight excluding hydrogens is 304 g/mol. The molecule has 0 aliphatic heterocycles. The lowest BCUT2D eigenvalue weighted by atomic mass is 10.2. The molecule has 0 bridgehead atoms. The van der Waals surface area contributed by atoms with Crippen molar-refractivity contribution < 1.29 is 27.1 Å². The van der Waals surface area contributed by atoms with Crippen molar-refractivity contribution in [3.8, 4) is 0 Å². The van der Waals surface area contributed by atoms with Gasteiger partial charge in [0, 0.05) is 0 Å². The highest BCUT2D eigenvalue weighted by Gasteiger charge is 2.21. The molecule has 0 aliphatic carbocycles. The molecule has 2 aromatic carbocycles. The minimum atomic E-state index is -4.23. The van der Waals surface area contributed by atoms with Gasteiger partial charge in [0.15, 0.2) is 0 Å². The fourth-order valence-electron chi connectivity index (χ4n) is 1.61. The Labute approximate surface area is 118 Å². The van der Waals surface area contributed by atoms with Crippen LogP contribution in [-0.4, -0.2) is 19.5 Å². The highest BCUT2D eigenvalue weighted by molar-refractivity contribution is 7.92. The molecular formula is C13H9F2NO4S. The van der Waals surface area contributed by atoms with Crippen LogP contribution in [-0.2, 0) is 10.0 Å². The Morgan fingerprint density at radius 3 is 2.24 bits per heavy atom. The van der Waals surface area contributed by atoms with Gasteiger partial charge in [-0.05, 0) is 36.4 Å². The van der Waals surface area contributed by atoms with Gasteiger partial charge in [0.05, 0.1) is 16.1 Å². The molecule has 110 valence electrons. The van der Waals surface area contributed by atoms with Gasteiger partial charge < -0.3 is 5.11 Å². The van der Waals surface area contributed by atoms with E-state index in [-0.39, 0.29) is 4.90 Å². The second-order valence-electron chi connectivity index (χ2n) is 4.03. The van der Waals surface area contributed by atoms with Gasteiger partial charge in [0.1, 0.15) is 11.6 Å². The predicted molar refractivity (Wildman–Crippen MR) is 70.6 cm³/mol. The van der Waals surface area contributed by atoms with E-state index in [1.54, 1.807) is 0 Å². The second-order valence-corrected chi connectivity index (χ2v) is 5.71. The number of nitrogens with one attached hydrogen (secondary N) is 1. The molecule has 0 unspecified atom stereocenters. The molecule has 0 aromatic heterocycles. The maximum atomic E-state index is 13.7. The molecule has 0 amide bonds. The monoisotopic (exact) mass is 313 g/mol. The van der Waals surface area contributed by atoms with Gasteiger partial charge in [-0.3, -0.25) is 4.72 Å². The van der Waals surface area contributed by atoms with Crippen molar-refractivity contribution in [1.82, 2.24) is 0 Å². The van der Waals surface area contributed by atoms with Gasteiger partial charge in [-0.2, -0.15) is 0 Å². The largest absolute Gasteiger partial charge is 0.478 e. The lowest BCUT2D eigenvalue weighted by Crippen LogP contribution is -2.16. The summed E-state index contributed by atoms with van der Waals surface area (Å²) in [4.78, 5) is 10.7. The van der Waals surface area contributed by atoms with E-state index in [0.29, 0.717) is 0 Å². The van der Waals surface area contributed by atoms with Gasteiger partial charge in [-0.15, -0.1) is 0 Å². The molecule has 5 nitrogen and oxygen atoms in total. The van der Waals surface area contributed by atoms with Gasteiger partial charge in [0.25, 0.3) is 10.0 Å². The average Bonchev–Trinajstić information content (AvgIpc) is 2.41. The molecule has 2 aromatic rings. The van der Waals surface area contributed by atoms with Crippen LogP contribution < -0.4 is 4.72 Å². The zero-order valence-corrected chi connectivity index (χ0v) is 11.2. The third-order valence-electron chi connectivity index (χ3n) is 2.60. The van der Waals surface area contributed by atoms with Crippen LogP contribution in [0.5, 0.6) is 0 Å². The summed E-state index contributed by atoms with van der Waals surface area (Å²) in [6.07, 6.45) is 0. The molecule has 0 saturated heterocycles. The zero-order valence-electron chi connectivity index (χ0n) is 10.4. The third kappa shape index (κ3) is 3.16. The molecule has 2 rings (SSSR count). The molecule has 8 heteroatoms. The summed E-state index contributed by atoms with van der Waals surface area (Å²) >= 11 is 0. The number of benzene rings is 2. The van der Waals surface area contributed by atoms with Gasteiger partial charge >= 0.3 is 5.97 Å². The number of carboxylic acids is 1. The van der Waals surface area contributed by atoms with E-state index in [1.165, 1.54) is 0 Å². The topological polar surface area (TPSA) is 83.5 Å². The number of hydrogen-bond acceptors (Lipinski definition) is 3. The minimum Gasteiger partial charge on any atom is -0.478 e. The van der Waals surface area contributed by atoms with Gasteiger partial charge in [-0.1, -0.05) is 6.07 Å². The fraction of sp³-hybridized carbons (Fsp3) is 0. The second kappa shape index (κ2) is 5.49. The van der Waals surface area contributed by atoms with Crippen LogP contribution in [0.3, 0.4) is 0 Å². The molecule has 0 spiro atoms. The number of carboxylic acid groups (broad SMARTS) is 1. The number of carbonyl (C=O) groups is 1. The Hall–Kier alpha value is -2.48. The Balaban J connectivity index is 2.46. The van der Waals surface area contributed by atoms with Crippen LogP contribution in [0.15, 0.2) is 47.4 Å². The average molecular weight is 313 g/mol. The van der Waals surface area contributed by atoms with Crippen LogP contribution in [0, 0.1) is 11.6 Å². The Kier molecular flexibility index (Phi) is 3.90. The number of sulfonamides is 1. The maximum absolute atomic E-state index is 13.7. The standard InChI is InChI=1S/C13H9F2NO4S/c14-8-4-6-9(7-5-8)21(19,20)16-12-10(13(17)18)2-1-3-11(12)15/h1-7,16H,(H,17,18). The summed E-state index contributed by atoms with van der Waals surface area (Å²) in [6.45, 7) is 0. The first-order valence-corrected chi connectivity index (χ1v) is 7.10. The van der Waals surface area contributed by atoms with Gasteiger partial charge in [0.2, 0.25) is 0 Å². The quantitative estimate of drug-likeness (QED) is 0.908. The Morgan fingerprint density at radius 2 is 1.67 bits per heavy atom. The summed E-state index contributed by atoms with van der Waals surface area (Å²) < 4.78 is 52.4. The van der Waals surface area contributed by atoms with Crippen molar-refractivity contribution in [2.24, 2.45) is 0 Å².